The summed E-state index contributed by atoms with van der Waals surface area (Å²) in [6.07, 6.45) is 1.01. The summed E-state index contributed by atoms with van der Waals surface area (Å²) in [4.78, 5) is 14.1. The van der Waals surface area contributed by atoms with E-state index in [1.807, 2.05) is 31.2 Å². The minimum atomic E-state index is -3.54. The van der Waals surface area contributed by atoms with Crippen molar-refractivity contribution in [2.45, 2.75) is 24.0 Å². The maximum Gasteiger partial charge on any atom is 0.252 e. The van der Waals surface area contributed by atoms with Crippen molar-refractivity contribution in [2.24, 2.45) is 0 Å². The molecule has 0 atom stereocenters. The number of piperazine rings is 1. The van der Waals surface area contributed by atoms with E-state index >= 15 is 0 Å². The summed E-state index contributed by atoms with van der Waals surface area (Å²) in [7, 11) is -3.54. The highest BCUT2D eigenvalue weighted by atomic mass is 35.5. The van der Waals surface area contributed by atoms with E-state index in [0.717, 1.165) is 22.6 Å². The summed E-state index contributed by atoms with van der Waals surface area (Å²) in [5.74, 6) is 0.837. The monoisotopic (exact) mass is 442 g/mol. The van der Waals surface area contributed by atoms with Crippen molar-refractivity contribution in [1.82, 2.24) is 9.21 Å². The SMILES string of the molecule is Cc1cccc(OCCCC(=O)N2CCN(S(=O)(=O)c3ccc(Cl)s3)CC2)c1. The lowest BCUT2D eigenvalue weighted by Gasteiger charge is -2.33. The van der Waals surface area contributed by atoms with Gasteiger partial charge in [0.05, 0.1) is 10.9 Å². The lowest BCUT2D eigenvalue weighted by Crippen LogP contribution is -2.50. The first kappa shape index (κ1) is 21.1. The van der Waals surface area contributed by atoms with Crippen molar-refractivity contribution in [3.05, 3.63) is 46.3 Å². The van der Waals surface area contributed by atoms with Crippen LogP contribution in [0, 0.1) is 6.92 Å². The Hall–Kier alpha value is -1.61. The number of rotatable bonds is 7. The molecule has 3 rings (SSSR count). The van der Waals surface area contributed by atoms with E-state index in [-0.39, 0.29) is 10.1 Å². The highest BCUT2D eigenvalue weighted by Crippen LogP contribution is 2.28. The van der Waals surface area contributed by atoms with Gasteiger partial charge in [-0.15, -0.1) is 11.3 Å². The van der Waals surface area contributed by atoms with Gasteiger partial charge in [0.25, 0.3) is 10.0 Å². The van der Waals surface area contributed by atoms with Crippen LogP contribution in [0.1, 0.15) is 18.4 Å². The highest BCUT2D eigenvalue weighted by molar-refractivity contribution is 7.91. The molecule has 1 saturated heterocycles. The Morgan fingerprint density at radius 1 is 1.18 bits per heavy atom. The Morgan fingerprint density at radius 3 is 2.57 bits per heavy atom. The minimum absolute atomic E-state index is 0.0315. The van der Waals surface area contributed by atoms with E-state index in [1.54, 1.807) is 11.0 Å². The average molecular weight is 443 g/mol. The third-order valence-corrected chi connectivity index (χ3v) is 8.12. The maximum absolute atomic E-state index is 12.6. The van der Waals surface area contributed by atoms with Crippen LogP contribution >= 0.6 is 22.9 Å². The molecule has 0 radical (unpaired) electrons. The van der Waals surface area contributed by atoms with Crippen molar-refractivity contribution >= 4 is 38.9 Å². The molecule has 1 aliphatic heterocycles. The predicted molar refractivity (Wildman–Crippen MR) is 111 cm³/mol. The number of nitrogens with zero attached hydrogens (tertiary/aromatic N) is 2. The molecule has 1 aromatic heterocycles. The molecule has 0 bridgehead atoms. The summed E-state index contributed by atoms with van der Waals surface area (Å²) in [6.45, 7) is 3.87. The second kappa shape index (κ2) is 9.26. The Kier molecular flexibility index (Phi) is 6.98. The number of aryl methyl sites for hydroxylation is 1. The normalized spacial score (nSPS) is 15.6. The molecule has 0 N–H and O–H groups in total. The van der Waals surface area contributed by atoms with Gasteiger partial charge in [-0.3, -0.25) is 4.79 Å². The molecule has 6 nitrogen and oxygen atoms in total. The lowest BCUT2D eigenvalue weighted by atomic mass is 10.2. The van der Waals surface area contributed by atoms with Crippen LogP contribution in [0.25, 0.3) is 0 Å². The number of carbonyl (C=O) groups is 1. The molecular weight excluding hydrogens is 420 g/mol. The zero-order valence-corrected chi connectivity index (χ0v) is 18.0. The molecule has 1 fully saturated rings. The number of halogens is 1. The molecule has 0 saturated carbocycles. The highest BCUT2D eigenvalue weighted by Gasteiger charge is 2.30. The molecule has 1 aromatic carbocycles. The first-order valence-corrected chi connectivity index (χ1v) is 11.7. The Morgan fingerprint density at radius 2 is 1.93 bits per heavy atom. The molecule has 152 valence electrons. The molecular formula is C19H23ClN2O4S2. The zero-order valence-electron chi connectivity index (χ0n) is 15.6. The summed E-state index contributed by atoms with van der Waals surface area (Å²) >= 11 is 6.90. The van der Waals surface area contributed by atoms with E-state index in [1.165, 1.54) is 10.4 Å². The number of amides is 1. The number of carbonyl (C=O) groups excluding carboxylic acids is 1. The molecule has 1 amide bonds. The standard InChI is InChI=1S/C19H23ClN2O4S2/c1-15-4-2-5-16(14-15)26-13-3-6-18(23)21-9-11-22(12-10-21)28(24,25)19-8-7-17(20)27-19/h2,4-5,7-8,14H,3,6,9-13H2,1H3. The Bertz CT molecular complexity index is 922. The topological polar surface area (TPSA) is 66.9 Å². The molecule has 28 heavy (non-hydrogen) atoms. The average Bonchev–Trinajstić information content (AvgIpc) is 3.12. The molecule has 0 spiro atoms. The van der Waals surface area contributed by atoms with Crippen LogP contribution < -0.4 is 4.74 Å². The first-order valence-electron chi connectivity index (χ1n) is 9.09. The van der Waals surface area contributed by atoms with Crippen LogP contribution in [0.2, 0.25) is 4.34 Å². The van der Waals surface area contributed by atoms with Crippen LogP contribution in [0.4, 0.5) is 0 Å². The number of sulfonamides is 1. The molecule has 9 heteroatoms. The van der Waals surface area contributed by atoms with Gasteiger partial charge >= 0.3 is 0 Å². The third kappa shape index (κ3) is 5.26. The van der Waals surface area contributed by atoms with Crippen LogP contribution in [0.3, 0.4) is 0 Å². The fourth-order valence-corrected chi connectivity index (χ4v) is 6.08. The van der Waals surface area contributed by atoms with Crippen molar-refractivity contribution < 1.29 is 17.9 Å². The first-order chi connectivity index (χ1) is 13.4. The molecule has 2 heterocycles. The maximum atomic E-state index is 12.6. The number of hydrogen-bond acceptors (Lipinski definition) is 5. The zero-order chi connectivity index (χ0) is 20.1. The third-order valence-electron chi connectivity index (χ3n) is 4.53. The second-order valence-corrected chi connectivity index (χ2v) is 10.5. The number of benzene rings is 1. The molecule has 0 unspecified atom stereocenters. The number of hydrogen-bond donors (Lipinski definition) is 0. The quantitative estimate of drug-likeness (QED) is 0.616. The predicted octanol–water partition coefficient (Wildman–Crippen LogP) is 3.40. The summed E-state index contributed by atoms with van der Waals surface area (Å²) in [5.41, 5.74) is 1.13. The smallest absolute Gasteiger partial charge is 0.252 e. The van der Waals surface area contributed by atoms with Gasteiger partial charge in [-0.1, -0.05) is 23.7 Å². The Balaban J connectivity index is 1.42. The molecule has 0 aliphatic carbocycles. The van der Waals surface area contributed by atoms with E-state index in [0.29, 0.717) is 50.0 Å². The van der Waals surface area contributed by atoms with Gasteiger partial charge in [-0.25, -0.2) is 8.42 Å². The van der Waals surface area contributed by atoms with Crippen LogP contribution in [0.5, 0.6) is 5.75 Å². The van der Waals surface area contributed by atoms with Crippen LogP contribution in [-0.2, 0) is 14.8 Å². The van der Waals surface area contributed by atoms with Gasteiger partial charge in [-0.05, 0) is 43.2 Å². The van der Waals surface area contributed by atoms with Crippen molar-refractivity contribution in [3.63, 3.8) is 0 Å². The van der Waals surface area contributed by atoms with Gasteiger partial charge in [0.15, 0.2) is 0 Å². The van der Waals surface area contributed by atoms with Gasteiger partial charge in [0, 0.05) is 32.6 Å². The van der Waals surface area contributed by atoms with Gasteiger partial charge < -0.3 is 9.64 Å². The number of thiophene rings is 1. The van der Waals surface area contributed by atoms with Gasteiger partial charge in [0.1, 0.15) is 9.96 Å². The molecule has 1 aliphatic rings. The van der Waals surface area contributed by atoms with E-state index in [9.17, 15) is 13.2 Å². The van der Waals surface area contributed by atoms with E-state index in [2.05, 4.69) is 0 Å². The van der Waals surface area contributed by atoms with Gasteiger partial charge in [-0.2, -0.15) is 4.31 Å². The van der Waals surface area contributed by atoms with E-state index in [4.69, 9.17) is 16.3 Å². The largest absolute Gasteiger partial charge is 0.494 e. The van der Waals surface area contributed by atoms with Crippen molar-refractivity contribution in [3.8, 4) is 5.75 Å². The summed E-state index contributed by atoms with van der Waals surface area (Å²) in [5, 5.41) is 0. The fourth-order valence-electron chi connectivity index (χ4n) is 3.02. The Labute approximate surface area is 174 Å². The van der Waals surface area contributed by atoms with Crippen molar-refractivity contribution in [1.29, 1.82) is 0 Å². The number of ether oxygens (including phenoxy) is 1. The van der Waals surface area contributed by atoms with Gasteiger partial charge in [0.2, 0.25) is 5.91 Å². The fraction of sp³-hybridized carbons (Fsp3) is 0.421. The minimum Gasteiger partial charge on any atom is -0.494 e. The van der Waals surface area contributed by atoms with E-state index < -0.39 is 10.0 Å². The van der Waals surface area contributed by atoms with Crippen LogP contribution in [-0.4, -0.2) is 56.3 Å². The summed E-state index contributed by atoms with van der Waals surface area (Å²) in [6, 6.07) is 10.9. The second-order valence-electron chi connectivity index (χ2n) is 6.61. The van der Waals surface area contributed by atoms with Crippen molar-refractivity contribution in [2.75, 3.05) is 32.8 Å². The molecule has 2 aromatic rings. The van der Waals surface area contributed by atoms with Crippen LogP contribution in [0.15, 0.2) is 40.6 Å². The lowest BCUT2D eigenvalue weighted by molar-refractivity contribution is -0.132. The summed E-state index contributed by atoms with van der Waals surface area (Å²) < 4.78 is 33.0.